The SMILES string of the molecule is CCOC(=O)NC1COc2ccc(N3CC(NC(=O)OC(C)(C)C)C3)cc2C1Cc1ccccc1. The Morgan fingerprint density at radius 2 is 1.80 bits per heavy atom. The van der Waals surface area contributed by atoms with Gasteiger partial charge in [0.1, 0.15) is 18.0 Å². The summed E-state index contributed by atoms with van der Waals surface area (Å²) in [5.41, 5.74) is 2.79. The van der Waals surface area contributed by atoms with E-state index in [-0.39, 0.29) is 18.0 Å². The second kappa shape index (κ2) is 10.5. The van der Waals surface area contributed by atoms with Gasteiger partial charge in [-0.05, 0) is 57.9 Å². The van der Waals surface area contributed by atoms with Gasteiger partial charge < -0.3 is 29.7 Å². The smallest absolute Gasteiger partial charge is 0.407 e. The number of alkyl carbamates (subject to hydrolysis) is 2. The molecule has 0 aromatic heterocycles. The molecular weight excluding hydrogens is 446 g/mol. The molecule has 2 aromatic rings. The maximum Gasteiger partial charge on any atom is 0.407 e. The molecule has 0 aliphatic carbocycles. The minimum Gasteiger partial charge on any atom is -0.491 e. The number of anilines is 1. The molecule has 188 valence electrons. The van der Waals surface area contributed by atoms with E-state index in [0.717, 1.165) is 23.4 Å². The van der Waals surface area contributed by atoms with E-state index in [4.69, 9.17) is 14.2 Å². The van der Waals surface area contributed by atoms with Crippen LogP contribution in [0, 0.1) is 0 Å². The standard InChI is InChI=1S/C27H35N3O5/c1-5-33-25(31)29-23-17-34-24-12-11-20(14-22(24)21(23)13-18-9-7-6-8-10-18)30-15-19(16-30)28-26(32)35-27(2,3)4/h6-12,14,19,21,23H,5,13,15-17H2,1-4H3,(H,28,32)(H,29,31). The van der Waals surface area contributed by atoms with E-state index < -0.39 is 17.8 Å². The first-order valence-electron chi connectivity index (χ1n) is 12.2. The van der Waals surface area contributed by atoms with Gasteiger partial charge in [-0.2, -0.15) is 0 Å². The minimum absolute atomic E-state index is 0.0301. The van der Waals surface area contributed by atoms with Crippen LogP contribution in [0.15, 0.2) is 48.5 Å². The topological polar surface area (TPSA) is 89.1 Å². The molecule has 8 heteroatoms. The van der Waals surface area contributed by atoms with Gasteiger partial charge in [0.2, 0.25) is 0 Å². The number of ether oxygens (including phenoxy) is 3. The maximum absolute atomic E-state index is 12.2. The van der Waals surface area contributed by atoms with Crippen LogP contribution in [0.3, 0.4) is 0 Å². The average molecular weight is 482 g/mol. The van der Waals surface area contributed by atoms with E-state index in [1.807, 2.05) is 51.1 Å². The summed E-state index contributed by atoms with van der Waals surface area (Å²) in [5.74, 6) is 0.864. The van der Waals surface area contributed by atoms with E-state index in [1.54, 1.807) is 6.92 Å². The fourth-order valence-electron chi connectivity index (χ4n) is 4.51. The normalized spacial score (nSPS) is 19.6. The van der Waals surface area contributed by atoms with Gasteiger partial charge in [-0.25, -0.2) is 9.59 Å². The molecule has 1 saturated heterocycles. The van der Waals surface area contributed by atoms with Gasteiger partial charge in [0.25, 0.3) is 0 Å². The predicted molar refractivity (Wildman–Crippen MR) is 134 cm³/mol. The molecule has 0 bridgehead atoms. The van der Waals surface area contributed by atoms with Crippen molar-refractivity contribution in [3.8, 4) is 5.75 Å². The zero-order valence-corrected chi connectivity index (χ0v) is 20.9. The number of fused-ring (bicyclic) bond motifs is 1. The monoisotopic (exact) mass is 481 g/mol. The second-order valence-electron chi connectivity index (χ2n) is 10.0. The van der Waals surface area contributed by atoms with Crippen molar-refractivity contribution in [3.63, 3.8) is 0 Å². The van der Waals surface area contributed by atoms with Crippen LogP contribution in [0.4, 0.5) is 15.3 Å². The molecule has 2 amide bonds. The van der Waals surface area contributed by atoms with Gasteiger partial charge in [-0.15, -0.1) is 0 Å². The van der Waals surface area contributed by atoms with Gasteiger partial charge >= 0.3 is 12.2 Å². The maximum atomic E-state index is 12.2. The lowest BCUT2D eigenvalue weighted by Gasteiger charge is -2.42. The van der Waals surface area contributed by atoms with Crippen LogP contribution in [-0.2, 0) is 15.9 Å². The summed E-state index contributed by atoms with van der Waals surface area (Å²) < 4.78 is 16.5. The number of nitrogens with zero attached hydrogens (tertiary/aromatic N) is 1. The third kappa shape index (κ3) is 6.38. The summed E-state index contributed by atoms with van der Waals surface area (Å²) in [5, 5.41) is 5.92. The predicted octanol–water partition coefficient (Wildman–Crippen LogP) is 4.23. The van der Waals surface area contributed by atoms with Crippen molar-refractivity contribution in [1.82, 2.24) is 10.6 Å². The lowest BCUT2D eigenvalue weighted by molar-refractivity contribution is 0.0496. The van der Waals surface area contributed by atoms with Crippen LogP contribution in [0.2, 0.25) is 0 Å². The van der Waals surface area contributed by atoms with E-state index in [0.29, 0.717) is 26.3 Å². The van der Waals surface area contributed by atoms with Gasteiger partial charge in [0.05, 0.1) is 18.7 Å². The van der Waals surface area contributed by atoms with Crippen LogP contribution in [0.25, 0.3) is 0 Å². The third-order valence-electron chi connectivity index (χ3n) is 6.14. The number of benzene rings is 2. The first-order valence-corrected chi connectivity index (χ1v) is 12.2. The highest BCUT2D eigenvalue weighted by atomic mass is 16.6. The Hall–Kier alpha value is -3.42. The lowest BCUT2D eigenvalue weighted by atomic mass is 9.83. The van der Waals surface area contributed by atoms with Gasteiger partial charge in [0, 0.05) is 30.3 Å². The van der Waals surface area contributed by atoms with Crippen LogP contribution < -0.4 is 20.3 Å². The van der Waals surface area contributed by atoms with E-state index >= 15 is 0 Å². The molecule has 2 unspecified atom stereocenters. The Labute approximate surface area is 206 Å². The highest BCUT2D eigenvalue weighted by Crippen LogP contribution is 2.39. The Morgan fingerprint density at radius 1 is 1.06 bits per heavy atom. The summed E-state index contributed by atoms with van der Waals surface area (Å²) in [6.07, 6.45) is -0.0602. The van der Waals surface area contributed by atoms with Crippen molar-refractivity contribution in [2.24, 2.45) is 0 Å². The molecule has 2 atom stereocenters. The van der Waals surface area contributed by atoms with E-state index in [1.165, 1.54) is 5.56 Å². The number of carbonyl (C=O) groups excluding carboxylic acids is 2. The lowest BCUT2D eigenvalue weighted by Crippen LogP contribution is -2.60. The van der Waals surface area contributed by atoms with Crippen molar-refractivity contribution < 1.29 is 23.8 Å². The summed E-state index contributed by atoms with van der Waals surface area (Å²) in [4.78, 5) is 26.5. The van der Waals surface area contributed by atoms with Crippen LogP contribution in [-0.4, -0.2) is 56.2 Å². The van der Waals surface area contributed by atoms with E-state index in [2.05, 4.69) is 33.7 Å². The van der Waals surface area contributed by atoms with Crippen molar-refractivity contribution in [1.29, 1.82) is 0 Å². The molecule has 4 rings (SSSR count). The highest BCUT2D eigenvalue weighted by molar-refractivity contribution is 5.69. The number of carbonyl (C=O) groups is 2. The molecule has 1 fully saturated rings. The van der Waals surface area contributed by atoms with Gasteiger partial charge in [0.15, 0.2) is 0 Å². The minimum atomic E-state index is -0.520. The van der Waals surface area contributed by atoms with Crippen molar-refractivity contribution in [3.05, 3.63) is 59.7 Å². The number of hydrogen-bond acceptors (Lipinski definition) is 6. The Morgan fingerprint density at radius 3 is 2.49 bits per heavy atom. The van der Waals surface area contributed by atoms with Crippen molar-refractivity contribution in [2.75, 3.05) is 31.2 Å². The second-order valence-corrected chi connectivity index (χ2v) is 10.0. The summed E-state index contributed by atoms with van der Waals surface area (Å²) in [6.45, 7) is 9.45. The number of hydrogen-bond donors (Lipinski definition) is 2. The molecule has 2 aliphatic rings. The first kappa shape index (κ1) is 24.7. The Kier molecular flexibility index (Phi) is 7.38. The fraction of sp³-hybridized carbons (Fsp3) is 0.481. The summed E-state index contributed by atoms with van der Waals surface area (Å²) in [7, 11) is 0. The summed E-state index contributed by atoms with van der Waals surface area (Å²) >= 11 is 0. The molecule has 2 N–H and O–H groups in total. The zero-order chi connectivity index (χ0) is 25.0. The highest BCUT2D eigenvalue weighted by Gasteiger charge is 2.35. The van der Waals surface area contributed by atoms with Crippen molar-refractivity contribution in [2.45, 2.75) is 57.7 Å². The largest absolute Gasteiger partial charge is 0.491 e. The number of rotatable bonds is 6. The Bertz CT molecular complexity index is 1030. The van der Waals surface area contributed by atoms with Crippen LogP contribution in [0.5, 0.6) is 5.75 Å². The number of nitrogens with one attached hydrogen (secondary N) is 2. The fourth-order valence-corrected chi connectivity index (χ4v) is 4.51. The van der Waals surface area contributed by atoms with Crippen molar-refractivity contribution >= 4 is 17.9 Å². The van der Waals surface area contributed by atoms with Crippen LogP contribution in [0.1, 0.15) is 44.7 Å². The molecule has 35 heavy (non-hydrogen) atoms. The quantitative estimate of drug-likeness (QED) is 0.642. The molecular formula is C27H35N3O5. The molecule has 2 aliphatic heterocycles. The number of amides is 2. The molecule has 0 spiro atoms. The van der Waals surface area contributed by atoms with Crippen LogP contribution >= 0.6 is 0 Å². The average Bonchev–Trinajstić information content (AvgIpc) is 2.77. The van der Waals surface area contributed by atoms with Gasteiger partial charge in [-0.3, -0.25) is 0 Å². The Balaban J connectivity index is 1.49. The molecule has 8 nitrogen and oxygen atoms in total. The molecule has 0 saturated carbocycles. The van der Waals surface area contributed by atoms with Gasteiger partial charge in [-0.1, -0.05) is 30.3 Å². The molecule has 0 radical (unpaired) electrons. The zero-order valence-electron chi connectivity index (χ0n) is 20.9. The summed E-state index contributed by atoms with van der Waals surface area (Å²) in [6, 6.07) is 16.3. The molecule has 2 heterocycles. The van der Waals surface area contributed by atoms with E-state index in [9.17, 15) is 9.59 Å². The third-order valence-corrected chi connectivity index (χ3v) is 6.14. The molecule has 2 aromatic carbocycles. The first-order chi connectivity index (χ1) is 16.7.